The van der Waals surface area contributed by atoms with E-state index in [0.29, 0.717) is 4.68 Å². The van der Waals surface area contributed by atoms with Crippen molar-refractivity contribution < 1.29 is 9.90 Å². The number of nitrogens with zero attached hydrogens (tertiary/aromatic N) is 2. The van der Waals surface area contributed by atoms with E-state index >= 15 is 0 Å². The van der Waals surface area contributed by atoms with Gasteiger partial charge >= 0.3 is 11.7 Å². The molecule has 0 aliphatic heterocycles. The highest BCUT2D eigenvalue weighted by Crippen LogP contribution is 1.76. The molecule has 7 heteroatoms. The topological polar surface area (TPSA) is 105 Å². The van der Waals surface area contributed by atoms with E-state index in [2.05, 4.69) is 5.10 Å². The molecule has 2 N–H and O–H groups in total. The predicted octanol–water partition coefficient (Wildman–Crippen LogP) is -1.68. The summed E-state index contributed by atoms with van der Waals surface area (Å²) in [6.45, 7) is 0.826. The normalized spacial score (nSPS) is 9.92. The van der Waals surface area contributed by atoms with Crippen molar-refractivity contribution >= 4 is 5.97 Å². The summed E-state index contributed by atoms with van der Waals surface area (Å²) in [4.78, 5) is 33.9. The molecule has 0 spiro atoms. The molecule has 0 radical (unpaired) electrons. The van der Waals surface area contributed by atoms with Crippen LogP contribution >= 0.6 is 0 Å². The minimum absolute atomic E-state index is 0.0563. The van der Waals surface area contributed by atoms with E-state index in [1.165, 1.54) is 6.92 Å². The fraction of sp³-hybridized carbons (Fsp3) is 0.333. The summed E-state index contributed by atoms with van der Waals surface area (Å²) in [5, 5.41) is 11.9. The van der Waals surface area contributed by atoms with Crippen molar-refractivity contribution in [2.45, 2.75) is 13.5 Å². The molecule has 0 amide bonds. The molecule has 0 aliphatic rings. The lowest BCUT2D eigenvalue weighted by Crippen LogP contribution is -2.35. The summed E-state index contributed by atoms with van der Waals surface area (Å²) in [7, 11) is 0. The number of aromatic nitrogens is 3. The minimum atomic E-state index is -1.19. The molecular weight excluding hydrogens is 178 g/mol. The van der Waals surface area contributed by atoms with Crippen molar-refractivity contribution in [2.75, 3.05) is 0 Å². The molecule has 1 aromatic heterocycles. The van der Waals surface area contributed by atoms with Crippen LogP contribution in [0.25, 0.3) is 0 Å². The maximum absolute atomic E-state index is 10.9. The lowest BCUT2D eigenvalue weighted by Gasteiger charge is -1.99. The summed E-state index contributed by atoms with van der Waals surface area (Å²) in [5.74, 6) is -1.19. The fourth-order valence-corrected chi connectivity index (χ4v) is 0.759. The summed E-state index contributed by atoms with van der Waals surface area (Å²) in [6, 6.07) is 0. The molecule has 0 bridgehead atoms. The van der Waals surface area contributed by atoms with Crippen LogP contribution in [0.3, 0.4) is 0 Å². The van der Waals surface area contributed by atoms with E-state index in [1.54, 1.807) is 0 Å². The van der Waals surface area contributed by atoms with E-state index < -0.39 is 23.8 Å². The fourth-order valence-electron chi connectivity index (χ4n) is 0.759. The zero-order valence-electron chi connectivity index (χ0n) is 6.77. The Bertz CT molecular complexity index is 444. The maximum atomic E-state index is 10.9. The molecule has 70 valence electrons. The van der Waals surface area contributed by atoms with Gasteiger partial charge in [-0.05, 0) is 6.92 Å². The first-order valence-corrected chi connectivity index (χ1v) is 3.40. The van der Waals surface area contributed by atoms with Crippen LogP contribution in [0.5, 0.6) is 0 Å². The Morgan fingerprint density at radius 2 is 2.23 bits per heavy atom. The molecule has 0 saturated carbocycles. The van der Waals surface area contributed by atoms with E-state index in [1.807, 2.05) is 4.98 Å². The third-order valence-electron chi connectivity index (χ3n) is 1.34. The molecule has 13 heavy (non-hydrogen) atoms. The number of aromatic amines is 1. The van der Waals surface area contributed by atoms with Gasteiger partial charge < -0.3 is 5.11 Å². The van der Waals surface area contributed by atoms with E-state index in [4.69, 9.17) is 5.11 Å². The molecule has 7 nitrogen and oxygen atoms in total. The number of hydrogen-bond acceptors (Lipinski definition) is 4. The number of H-pyrrole nitrogens is 1. The van der Waals surface area contributed by atoms with Crippen molar-refractivity contribution in [3.63, 3.8) is 0 Å². The Morgan fingerprint density at radius 3 is 2.77 bits per heavy atom. The number of carbonyl (C=O) groups is 1. The van der Waals surface area contributed by atoms with Gasteiger partial charge in [-0.3, -0.25) is 14.6 Å². The van der Waals surface area contributed by atoms with Gasteiger partial charge in [0.15, 0.2) is 0 Å². The molecular formula is C6H7N3O4. The third-order valence-corrected chi connectivity index (χ3v) is 1.34. The third kappa shape index (κ3) is 2.01. The molecule has 0 aromatic carbocycles. The number of rotatable bonds is 2. The number of carboxylic acid groups (broad SMARTS) is 1. The SMILES string of the molecule is Cc1nn(CC(=O)O)c(=O)[nH]c1=O. The van der Waals surface area contributed by atoms with Gasteiger partial charge in [-0.15, -0.1) is 0 Å². The van der Waals surface area contributed by atoms with E-state index in [-0.39, 0.29) is 5.69 Å². The number of hydrogen-bond donors (Lipinski definition) is 2. The zero-order chi connectivity index (χ0) is 10.0. The molecule has 0 fully saturated rings. The van der Waals surface area contributed by atoms with Crippen molar-refractivity contribution in [2.24, 2.45) is 0 Å². The van der Waals surface area contributed by atoms with Crippen LogP contribution < -0.4 is 11.2 Å². The van der Waals surface area contributed by atoms with Crippen LogP contribution in [-0.4, -0.2) is 25.8 Å². The number of aliphatic carboxylic acids is 1. The molecule has 0 atom stereocenters. The lowest BCUT2D eigenvalue weighted by atomic mass is 10.5. The Morgan fingerprint density at radius 1 is 1.62 bits per heavy atom. The van der Waals surface area contributed by atoms with Gasteiger partial charge in [-0.25, -0.2) is 9.48 Å². The molecule has 1 aromatic rings. The summed E-state index contributed by atoms with van der Waals surface area (Å²) in [5.41, 5.74) is -1.37. The Hall–Kier alpha value is -1.92. The molecule has 1 rings (SSSR count). The second-order valence-corrected chi connectivity index (χ2v) is 2.40. The van der Waals surface area contributed by atoms with E-state index in [9.17, 15) is 14.4 Å². The van der Waals surface area contributed by atoms with Gasteiger partial charge in [0.2, 0.25) is 0 Å². The second-order valence-electron chi connectivity index (χ2n) is 2.40. The smallest absolute Gasteiger partial charge is 0.345 e. The number of nitrogens with one attached hydrogen (secondary N) is 1. The standard InChI is InChI=1S/C6H7N3O4/c1-3-5(12)7-6(13)9(8-3)2-4(10)11/h2H2,1H3,(H,10,11)(H,7,12,13). The number of aryl methyl sites for hydroxylation is 1. The zero-order valence-corrected chi connectivity index (χ0v) is 6.77. The summed E-state index contributed by atoms with van der Waals surface area (Å²) >= 11 is 0. The van der Waals surface area contributed by atoms with Crippen molar-refractivity contribution in [1.82, 2.24) is 14.8 Å². The average Bonchev–Trinajstić information content (AvgIpc) is 1.99. The van der Waals surface area contributed by atoms with Crippen LogP contribution in [0.1, 0.15) is 5.69 Å². The first kappa shape index (κ1) is 9.17. The van der Waals surface area contributed by atoms with Gasteiger partial charge in [-0.2, -0.15) is 5.10 Å². The van der Waals surface area contributed by atoms with Crippen molar-refractivity contribution in [3.05, 3.63) is 26.5 Å². The van der Waals surface area contributed by atoms with Crippen LogP contribution in [-0.2, 0) is 11.3 Å². The Labute approximate surface area is 71.6 Å². The second kappa shape index (κ2) is 3.21. The van der Waals surface area contributed by atoms with Gasteiger partial charge in [0.25, 0.3) is 5.56 Å². The maximum Gasteiger partial charge on any atom is 0.345 e. The predicted molar refractivity (Wildman–Crippen MR) is 41.5 cm³/mol. The Kier molecular flexibility index (Phi) is 2.27. The first-order valence-electron chi connectivity index (χ1n) is 3.40. The van der Waals surface area contributed by atoms with Gasteiger partial charge in [0, 0.05) is 0 Å². The molecule has 0 aliphatic carbocycles. The van der Waals surface area contributed by atoms with Crippen LogP contribution in [0.15, 0.2) is 9.59 Å². The van der Waals surface area contributed by atoms with Crippen molar-refractivity contribution in [3.8, 4) is 0 Å². The summed E-state index contributed by atoms with van der Waals surface area (Å²) in [6.07, 6.45) is 0. The van der Waals surface area contributed by atoms with Crippen LogP contribution in [0.4, 0.5) is 0 Å². The van der Waals surface area contributed by atoms with Gasteiger partial charge in [0.1, 0.15) is 12.2 Å². The minimum Gasteiger partial charge on any atom is -0.480 e. The largest absolute Gasteiger partial charge is 0.480 e. The number of carboxylic acids is 1. The molecule has 0 unspecified atom stereocenters. The van der Waals surface area contributed by atoms with E-state index in [0.717, 1.165) is 0 Å². The summed E-state index contributed by atoms with van der Waals surface area (Å²) < 4.78 is 0.680. The highest BCUT2D eigenvalue weighted by molar-refractivity contribution is 5.66. The highest BCUT2D eigenvalue weighted by Gasteiger charge is 2.05. The monoisotopic (exact) mass is 185 g/mol. The highest BCUT2D eigenvalue weighted by atomic mass is 16.4. The molecule has 1 heterocycles. The van der Waals surface area contributed by atoms with Gasteiger partial charge in [0.05, 0.1) is 0 Å². The van der Waals surface area contributed by atoms with Crippen molar-refractivity contribution in [1.29, 1.82) is 0 Å². The molecule has 0 saturated heterocycles. The Balaban J connectivity index is 3.24. The van der Waals surface area contributed by atoms with Crippen LogP contribution in [0.2, 0.25) is 0 Å². The van der Waals surface area contributed by atoms with Crippen LogP contribution in [0, 0.1) is 6.92 Å². The van der Waals surface area contributed by atoms with Gasteiger partial charge in [-0.1, -0.05) is 0 Å². The first-order chi connectivity index (χ1) is 6.00. The average molecular weight is 185 g/mol. The quantitative estimate of drug-likeness (QED) is 0.572. The lowest BCUT2D eigenvalue weighted by molar-refractivity contribution is -0.138.